The maximum Gasteiger partial charge on any atom is 0.100 e. The molecule has 0 saturated heterocycles. The van der Waals surface area contributed by atoms with E-state index in [0.29, 0.717) is 0 Å². The Labute approximate surface area is 77.3 Å². The van der Waals surface area contributed by atoms with Crippen LogP contribution in [0.2, 0.25) is 5.02 Å². The second-order valence-electron chi connectivity index (χ2n) is 2.47. The Bertz CT molecular complexity index is 251. The Kier molecular flexibility index (Phi) is 3.85. The van der Waals surface area contributed by atoms with Crippen molar-refractivity contribution < 1.29 is 5.11 Å². The van der Waals surface area contributed by atoms with E-state index in [-0.39, 0.29) is 6.61 Å². The highest BCUT2D eigenvalue weighted by atomic mass is 35.5. The summed E-state index contributed by atoms with van der Waals surface area (Å²) in [6.07, 6.45) is 4.30. The summed E-state index contributed by atoms with van der Waals surface area (Å²) in [4.78, 5) is 0. The first-order chi connectivity index (χ1) is 5.83. The van der Waals surface area contributed by atoms with Gasteiger partial charge in [0.1, 0.15) is 6.61 Å². The lowest BCUT2D eigenvalue weighted by molar-refractivity contribution is 0.232. The third-order valence-electron chi connectivity index (χ3n) is 1.53. The molecule has 1 rings (SSSR count). The van der Waals surface area contributed by atoms with E-state index >= 15 is 0 Å². The predicted octanol–water partition coefficient (Wildman–Crippen LogP) is 2.87. The van der Waals surface area contributed by atoms with Gasteiger partial charge in [0.15, 0.2) is 0 Å². The van der Waals surface area contributed by atoms with Gasteiger partial charge in [-0.3, -0.25) is 0 Å². The Morgan fingerprint density at radius 2 is 1.83 bits per heavy atom. The molecule has 0 aliphatic carbocycles. The summed E-state index contributed by atoms with van der Waals surface area (Å²) in [5.41, 5.74) is 1.17. The first-order valence-corrected chi connectivity index (χ1v) is 4.18. The van der Waals surface area contributed by atoms with Crippen molar-refractivity contribution in [2.75, 3.05) is 6.61 Å². The number of allylic oxidation sites excluding steroid dienone is 1. The van der Waals surface area contributed by atoms with E-state index in [0.717, 1.165) is 11.4 Å². The highest BCUT2D eigenvalue weighted by Crippen LogP contribution is 2.09. The topological polar surface area (TPSA) is 19.9 Å². The van der Waals surface area contributed by atoms with Crippen LogP contribution in [0.25, 0.3) is 0 Å². The van der Waals surface area contributed by atoms with E-state index in [2.05, 4.69) is 0 Å². The molecular formula is C10H10ClO. The third-order valence-corrected chi connectivity index (χ3v) is 1.78. The quantitative estimate of drug-likeness (QED) is 0.640. The molecule has 12 heavy (non-hydrogen) atoms. The minimum atomic E-state index is -0.145. The van der Waals surface area contributed by atoms with Crippen molar-refractivity contribution in [3.63, 3.8) is 0 Å². The predicted molar refractivity (Wildman–Crippen MR) is 49.8 cm³/mol. The Morgan fingerprint density at radius 1 is 1.17 bits per heavy atom. The highest BCUT2D eigenvalue weighted by molar-refractivity contribution is 6.30. The van der Waals surface area contributed by atoms with Gasteiger partial charge in [-0.1, -0.05) is 35.9 Å². The van der Waals surface area contributed by atoms with Gasteiger partial charge >= 0.3 is 0 Å². The average molecular weight is 182 g/mol. The number of rotatable bonds is 3. The number of halogens is 1. The van der Waals surface area contributed by atoms with Crippen LogP contribution in [0.1, 0.15) is 5.56 Å². The summed E-state index contributed by atoms with van der Waals surface area (Å²) in [5.74, 6) is 0. The van der Waals surface area contributed by atoms with Crippen LogP contribution in [0.15, 0.2) is 36.4 Å². The molecule has 1 aromatic rings. The molecule has 0 aromatic heterocycles. The van der Waals surface area contributed by atoms with Crippen molar-refractivity contribution in [2.24, 2.45) is 0 Å². The van der Waals surface area contributed by atoms with Crippen molar-refractivity contribution >= 4 is 11.6 Å². The number of hydrogen-bond acceptors (Lipinski definition) is 0. The van der Waals surface area contributed by atoms with Crippen LogP contribution in [0.3, 0.4) is 0 Å². The minimum Gasteiger partial charge on any atom is -0.232 e. The lowest BCUT2D eigenvalue weighted by atomic mass is 10.1. The second kappa shape index (κ2) is 4.96. The molecule has 0 saturated carbocycles. The summed E-state index contributed by atoms with van der Waals surface area (Å²) in [7, 11) is 0. The minimum absolute atomic E-state index is 0.145. The van der Waals surface area contributed by atoms with Crippen LogP contribution < -0.4 is 0 Å². The molecule has 0 spiro atoms. The van der Waals surface area contributed by atoms with Crippen LogP contribution in [-0.4, -0.2) is 6.61 Å². The maximum atomic E-state index is 10.1. The van der Waals surface area contributed by atoms with Gasteiger partial charge in [-0.15, -0.1) is 0 Å². The molecule has 2 heteroatoms. The maximum absolute atomic E-state index is 10.1. The molecule has 0 N–H and O–H groups in total. The molecule has 0 unspecified atom stereocenters. The van der Waals surface area contributed by atoms with E-state index in [1.807, 2.05) is 30.3 Å². The van der Waals surface area contributed by atoms with Crippen molar-refractivity contribution in [1.29, 1.82) is 0 Å². The average Bonchev–Trinajstić information content (AvgIpc) is 2.09. The molecule has 0 bridgehead atoms. The summed E-state index contributed by atoms with van der Waals surface area (Å²) >= 11 is 5.70. The largest absolute Gasteiger partial charge is 0.232 e. The highest BCUT2D eigenvalue weighted by Gasteiger charge is 1.88. The lowest BCUT2D eigenvalue weighted by Gasteiger charge is -1.95. The zero-order valence-corrected chi connectivity index (χ0v) is 7.42. The Hall–Kier alpha value is -0.790. The molecule has 1 nitrogen and oxygen atoms in total. The molecule has 1 aromatic carbocycles. The van der Waals surface area contributed by atoms with Crippen LogP contribution in [-0.2, 0) is 11.5 Å². The van der Waals surface area contributed by atoms with E-state index in [1.54, 1.807) is 6.08 Å². The smallest absolute Gasteiger partial charge is 0.100 e. The van der Waals surface area contributed by atoms with E-state index in [9.17, 15) is 5.11 Å². The fraction of sp³-hybridized carbons (Fsp3) is 0.200. The SMILES string of the molecule is [O]C/C=C/Cc1ccc(Cl)cc1. The van der Waals surface area contributed by atoms with Crippen molar-refractivity contribution in [3.8, 4) is 0 Å². The standard InChI is InChI=1S/C10H10ClO/c11-10-6-4-9(5-7-10)3-1-2-8-12/h1-2,4-7H,3,8H2/b2-1+. The van der Waals surface area contributed by atoms with Gasteiger partial charge in [-0.25, -0.2) is 5.11 Å². The lowest BCUT2D eigenvalue weighted by Crippen LogP contribution is -1.80. The van der Waals surface area contributed by atoms with Gasteiger partial charge in [-0.05, 0) is 24.1 Å². The first kappa shape index (κ1) is 9.30. The summed E-state index contributed by atoms with van der Waals surface area (Å²) < 4.78 is 0. The van der Waals surface area contributed by atoms with Gasteiger partial charge < -0.3 is 0 Å². The van der Waals surface area contributed by atoms with E-state index in [4.69, 9.17) is 11.6 Å². The molecular weight excluding hydrogens is 172 g/mol. The monoisotopic (exact) mass is 181 g/mol. The Morgan fingerprint density at radius 3 is 2.42 bits per heavy atom. The molecule has 0 amide bonds. The molecule has 0 aliphatic heterocycles. The van der Waals surface area contributed by atoms with Gasteiger partial charge in [0.25, 0.3) is 0 Å². The van der Waals surface area contributed by atoms with Crippen molar-refractivity contribution in [3.05, 3.63) is 47.0 Å². The summed E-state index contributed by atoms with van der Waals surface area (Å²) in [5, 5.41) is 10.8. The molecule has 0 atom stereocenters. The zero-order valence-electron chi connectivity index (χ0n) is 6.66. The van der Waals surface area contributed by atoms with Crippen LogP contribution in [0.5, 0.6) is 0 Å². The number of benzene rings is 1. The van der Waals surface area contributed by atoms with Crippen molar-refractivity contribution in [1.82, 2.24) is 0 Å². The van der Waals surface area contributed by atoms with Gasteiger partial charge in [0.05, 0.1) is 0 Å². The van der Waals surface area contributed by atoms with E-state index in [1.165, 1.54) is 5.56 Å². The fourth-order valence-electron chi connectivity index (χ4n) is 0.908. The van der Waals surface area contributed by atoms with Gasteiger partial charge in [0, 0.05) is 5.02 Å². The first-order valence-electron chi connectivity index (χ1n) is 3.80. The van der Waals surface area contributed by atoms with Gasteiger partial charge in [0.2, 0.25) is 0 Å². The van der Waals surface area contributed by atoms with E-state index < -0.39 is 0 Å². The van der Waals surface area contributed by atoms with Crippen molar-refractivity contribution in [2.45, 2.75) is 6.42 Å². The molecule has 0 fully saturated rings. The molecule has 63 valence electrons. The summed E-state index contributed by atoms with van der Waals surface area (Å²) in [6, 6.07) is 7.61. The Balaban J connectivity index is 2.53. The molecule has 1 radical (unpaired) electrons. The zero-order chi connectivity index (χ0) is 8.81. The van der Waals surface area contributed by atoms with Gasteiger partial charge in [-0.2, -0.15) is 0 Å². The molecule has 0 aliphatic rings. The summed E-state index contributed by atoms with van der Waals surface area (Å²) in [6.45, 7) is -0.145. The van der Waals surface area contributed by atoms with Crippen LogP contribution >= 0.6 is 11.6 Å². The number of hydrogen-bond donors (Lipinski definition) is 0. The second-order valence-corrected chi connectivity index (χ2v) is 2.91. The van der Waals surface area contributed by atoms with Crippen LogP contribution in [0, 0.1) is 0 Å². The fourth-order valence-corrected chi connectivity index (χ4v) is 1.03. The molecule has 0 heterocycles. The van der Waals surface area contributed by atoms with Crippen LogP contribution in [0.4, 0.5) is 0 Å². The third kappa shape index (κ3) is 3.07. The normalized spacial score (nSPS) is 10.8.